The van der Waals surface area contributed by atoms with Crippen molar-refractivity contribution in [1.29, 1.82) is 0 Å². The molecule has 172 valence electrons. The molecule has 0 amide bonds. The van der Waals surface area contributed by atoms with Gasteiger partial charge in [0, 0.05) is 61.4 Å². The first kappa shape index (κ1) is 23.6. The number of methoxy groups -OCH3 is 1. The van der Waals surface area contributed by atoms with Crippen LogP contribution in [0.2, 0.25) is 0 Å². The summed E-state index contributed by atoms with van der Waals surface area (Å²) in [5, 5.41) is 24.1. The van der Waals surface area contributed by atoms with Gasteiger partial charge in [0.15, 0.2) is 5.56 Å². The van der Waals surface area contributed by atoms with Crippen LogP contribution < -0.4 is 15.6 Å². The Morgan fingerprint density at radius 2 is 2.12 bits per heavy atom. The third-order valence-corrected chi connectivity index (χ3v) is 5.67. The van der Waals surface area contributed by atoms with Gasteiger partial charge in [-0.3, -0.25) is 4.79 Å². The predicted molar refractivity (Wildman–Crippen MR) is 122 cm³/mol. The minimum atomic E-state index is -1.47. The summed E-state index contributed by atoms with van der Waals surface area (Å²) in [6, 6.07) is 6.05. The second kappa shape index (κ2) is 9.23. The number of aromatic carboxylic acids is 1. The lowest BCUT2D eigenvalue weighted by atomic mass is 9.99. The van der Waals surface area contributed by atoms with Crippen LogP contribution in [0.15, 0.2) is 23.0 Å². The molecule has 3 heterocycles. The first-order valence-electron chi connectivity index (χ1n) is 10.0. The Bertz CT molecular complexity index is 1230. The minimum absolute atomic E-state index is 0. The van der Waals surface area contributed by atoms with Crippen molar-refractivity contribution in [2.45, 2.75) is 25.9 Å². The number of hydrogen-bond acceptors (Lipinski definition) is 6. The van der Waals surface area contributed by atoms with Crippen molar-refractivity contribution >= 4 is 29.3 Å². The summed E-state index contributed by atoms with van der Waals surface area (Å²) in [6.45, 7) is 3.56. The minimum Gasteiger partial charge on any atom is -0.506 e. The van der Waals surface area contributed by atoms with Crippen molar-refractivity contribution in [2.24, 2.45) is 7.05 Å². The topological polar surface area (TPSA) is 126 Å². The third-order valence-electron chi connectivity index (χ3n) is 5.67. The van der Waals surface area contributed by atoms with E-state index in [4.69, 9.17) is 9.47 Å². The highest BCUT2D eigenvalue weighted by Gasteiger charge is 2.26. The van der Waals surface area contributed by atoms with E-state index < -0.39 is 22.8 Å². The van der Waals surface area contributed by atoms with Crippen LogP contribution in [0.1, 0.15) is 28.5 Å². The van der Waals surface area contributed by atoms with Crippen LogP contribution in [0, 0.1) is 0 Å². The Labute approximate surface area is 190 Å². The van der Waals surface area contributed by atoms with E-state index in [9.17, 15) is 19.8 Å². The Kier molecular flexibility index (Phi) is 6.82. The number of aromatic nitrogens is 2. The van der Waals surface area contributed by atoms with Gasteiger partial charge in [0.25, 0.3) is 5.56 Å². The maximum Gasteiger partial charge on any atom is 0.345 e. The van der Waals surface area contributed by atoms with Gasteiger partial charge in [0.1, 0.15) is 11.5 Å². The van der Waals surface area contributed by atoms with Crippen molar-refractivity contribution in [3.8, 4) is 22.8 Å². The lowest BCUT2D eigenvalue weighted by Crippen LogP contribution is -2.30. The molecule has 9 nitrogen and oxygen atoms in total. The molecular formula is C22H26ClN3O6. The van der Waals surface area contributed by atoms with Crippen molar-refractivity contribution in [1.82, 2.24) is 14.9 Å². The van der Waals surface area contributed by atoms with Gasteiger partial charge in [-0.1, -0.05) is 0 Å². The monoisotopic (exact) mass is 463 g/mol. The van der Waals surface area contributed by atoms with Gasteiger partial charge in [0.2, 0.25) is 0 Å². The number of nitrogens with one attached hydrogen (secondary N) is 2. The van der Waals surface area contributed by atoms with E-state index in [1.165, 1.54) is 0 Å². The number of pyridine rings is 1. The number of aromatic amines is 1. The molecule has 10 heteroatoms. The summed E-state index contributed by atoms with van der Waals surface area (Å²) in [5.41, 5.74) is 1.90. The van der Waals surface area contributed by atoms with E-state index in [2.05, 4.69) is 20.9 Å². The summed E-state index contributed by atoms with van der Waals surface area (Å²) in [4.78, 5) is 26.4. The SMILES string of the molecule is COCC(C)NCc1cc2cc3c(cc2n1C)OCCc1c-3[nH]c(=O)c(C(=O)O)c1O.Cl. The Balaban J connectivity index is 0.00000289. The van der Waals surface area contributed by atoms with Gasteiger partial charge < -0.3 is 34.6 Å². The number of benzene rings is 1. The molecule has 0 aliphatic carbocycles. The highest BCUT2D eigenvalue weighted by atomic mass is 35.5. The Morgan fingerprint density at radius 3 is 2.81 bits per heavy atom. The Morgan fingerprint density at radius 1 is 1.38 bits per heavy atom. The summed E-state index contributed by atoms with van der Waals surface area (Å²) < 4.78 is 13.1. The molecule has 1 atom stereocenters. The van der Waals surface area contributed by atoms with E-state index in [-0.39, 0.29) is 31.5 Å². The lowest BCUT2D eigenvalue weighted by Gasteiger charge is -2.13. The number of carboxylic acids is 1. The average Bonchev–Trinajstić information content (AvgIpc) is 2.90. The number of aromatic hydroxyl groups is 1. The van der Waals surface area contributed by atoms with E-state index >= 15 is 0 Å². The van der Waals surface area contributed by atoms with Crippen molar-refractivity contribution in [3.63, 3.8) is 0 Å². The summed E-state index contributed by atoms with van der Waals surface area (Å²) in [6.07, 6.45) is 0.274. The highest BCUT2D eigenvalue weighted by Crippen LogP contribution is 2.40. The molecular weight excluding hydrogens is 438 g/mol. The molecule has 2 aromatic heterocycles. The number of nitrogens with zero attached hydrogens (tertiary/aromatic N) is 1. The molecule has 3 aromatic rings. The van der Waals surface area contributed by atoms with Crippen molar-refractivity contribution in [2.75, 3.05) is 20.3 Å². The number of fused-ring (bicyclic) bond motifs is 4. The van der Waals surface area contributed by atoms with Crippen LogP contribution in [-0.4, -0.2) is 52.1 Å². The third kappa shape index (κ3) is 4.06. The van der Waals surface area contributed by atoms with Crippen LogP contribution >= 0.6 is 12.4 Å². The summed E-state index contributed by atoms with van der Waals surface area (Å²) in [5.74, 6) is -1.41. The fourth-order valence-corrected chi connectivity index (χ4v) is 4.06. The number of aryl methyl sites for hydroxylation is 1. The second-order valence-corrected chi connectivity index (χ2v) is 7.77. The molecule has 0 radical (unpaired) electrons. The molecule has 32 heavy (non-hydrogen) atoms. The van der Waals surface area contributed by atoms with Crippen LogP contribution in [0.25, 0.3) is 22.2 Å². The number of carbonyl (C=O) groups is 1. The molecule has 1 aliphatic heterocycles. The molecule has 0 fully saturated rings. The lowest BCUT2D eigenvalue weighted by molar-refractivity contribution is 0.0691. The Hall–Kier alpha value is -3.01. The molecule has 4 N–H and O–H groups in total. The van der Waals surface area contributed by atoms with E-state index in [1.807, 2.05) is 26.1 Å². The number of hydrogen-bond donors (Lipinski definition) is 4. The van der Waals surface area contributed by atoms with Gasteiger partial charge in [-0.15, -0.1) is 12.4 Å². The van der Waals surface area contributed by atoms with Crippen molar-refractivity contribution in [3.05, 3.63) is 45.4 Å². The number of carboxylic acid groups (broad SMARTS) is 1. The fourth-order valence-electron chi connectivity index (χ4n) is 4.06. The molecule has 1 aromatic carbocycles. The predicted octanol–water partition coefficient (Wildman–Crippen LogP) is 2.42. The first-order chi connectivity index (χ1) is 14.8. The molecule has 1 unspecified atom stereocenters. The van der Waals surface area contributed by atoms with Crippen LogP contribution in [0.5, 0.6) is 11.5 Å². The number of ether oxygens (including phenoxy) is 2. The zero-order chi connectivity index (χ0) is 22.3. The first-order valence-corrected chi connectivity index (χ1v) is 10.0. The molecule has 4 rings (SSSR count). The van der Waals surface area contributed by atoms with Gasteiger partial charge in [0.05, 0.1) is 24.4 Å². The van der Waals surface area contributed by atoms with E-state index in [1.54, 1.807) is 7.11 Å². The second-order valence-electron chi connectivity index (χ2n) is 7.77. The molecule has 0 saturated carbocycles. The molecule has 1 aliphatic rings. The van der Waals surface area contributed by atoms with Gasteiger partial charge >= 0.3 is 5.97 Å². The van der Waals surface area contributed by atoms with E-state index in [0.29, 0.717) is 35.7 Å². The maximum absolute atomic E-state index is 12.3. The van der Waals surface area contributed by atoms with Gasteiger partial charge in [-0.05, 0) is 19.1 Å². The molecule has 0 bridgehead atoms. The fraction of sp³-hybridized carbons (Fsp3) is 0.364. The van der Waals surface area contributed by atoms with Crippen LogP contribution in [-0.2, 0) is 24.8 Å². The maximum atomic E-state index is 12.3. The number of H-pyrrole nitrogens is 1. The highest BCUT2D eigenvalue weighted by molar-refractivity contribution is 5.94. The number of rotatable bonds is 6. The number of halogens is 1. The van der Waals surface area contributed by atoms with E-state index in [0.717, 1.165) is 16.6 Å². The standard InChI is InChI=1S/C22H25N3O6.ClH/c1-11(10-30-3)23-9-13-6-12-7-15-17(8-16(12)25(13)2)31-5-4-14-19(15)24-21(27)18(20(14)26)22(28)29;/h6-8,11,23H,4-5,9-10H2,1-3H3,(H,28,29)(H2,24,26,27);1H. The summed E-state index contributed by atoms with van der Waals surface area (Å²) in [7, 11) is 3.64. The van der Waals surface area contributed by atoms with Crippen molar-refractivity contribution < 1.29 is 24.5 Å². The van der Waals surface area contributed by atoms with Gasteiger partial charge in [-0.25, -0.2) is 4.79 Å². The molecule has 0 spiro atoms. The zero-order valence-electron chi connectivity index (χ0n) is 18.0. The average molecular weight is 464 g/mol. The normalized spacial score (nSPS) is 13.5. The van der Waals surface area contributed by atoms with Crippen LogP contribution in [0.3, 0.4) is 0 Å². The largest absolute Gasteiger partial charge is 0.506 e. The summed E-state index contributed by atoms with van der Waals surface area (Å²) >= 11 is 0. The van der Waals surface area contributed by atoms with Crippen LogP contribution in [0.4, 0.5) is 0 Å². The van der Waals surface area contributed by atoms with Gasteiger partial charge in [-0.2, -0.15) is 0 Å². The quantitative estimate of drug-likeness (QED) is 0.442. The smallest absolute Gasteiger partial charge is 0.345 e. The molecule has 0 saturated heterocycles. The zero-order valence-corrected chi connectivity index (χ0v) is 18.8.